The van der Waals surface area contributed by atoms with Crippen LogP contribution in [0.2, 0.25) is 0 Å². The summed E-state index contributed by atoms with van der Waals surface area (Å²) >= 11 is 0. The van der Waals surface area contributed by atoms with Crippen molar-refractivity contribution in [3.05, 3.63) is 47.2 Å². The number of rotatable bonds is 3. The Morgan fingerprint density at radius 3 is 2.60 bits per heavy atom. The van der Waals surface area contributed by atoms with E-state index in [1.165, 1.54) is 0 Å². The molecule has 1 unspecified atom stereocenters. The fourth-order valence-electron chi connectivity index (χ4n) is 5.05. The molecule has 186 valence electrons. The molecule has 3 aliphatic heterocycles. The number of benzene rings is 1. The van der Waals surface area contributed by atoms with Gasteiger partial charge in [-0.25, -0.2) is 9.79 Å². The standard InChI is InChI=1S/C26H34N6O3/c1-25(2,3)35-24(34)31-13-7-8-20(31)18-11-9-17(10-12-18)14-30-15-19-21(28-30)32-16-26(4,5)27-23(32)29(6)22(19)33/h9-12,15,20H,7-8,13-14,16H2,1-6H3. The summed E-state index contributed by atoms with van der Waals surface area (Å²) in [5.74, 6) is 1.25. The summed E-state index contributed by atoms with van der Waals surface area (Å²) in [5.41, 5.74) is 2.00. The molecular formula is C26H34N6O3. The van der Waals surface area contributed by atoms with Gasteiger partial charge in [-0.15, -0.1) is 0 Å². The van der Waals surface area contributed by atoms with E-state index < -0.39 is 5.60 Å². The first-order valence-electron chi connectivity index (χ1n) is 12.2. The number of nitrogens with zero attached hydrogens (tertiary/aromatic N) is 6. The Morgan fingerprint density at radius 2 is 1.91 bits per heavy atom. The Hall–Kier alpha value is -3.36. The van der Waals surface area contributed by atoms with Crippen LogP contribution in [0.4, 0.5) is 10.6 Å². The van der Waals surface area contributed by atoms with Crippen molar-refractivity contribution in [2.75, 3.05) is 25.0 Å². The number of amides is 2. The summed E-state index contributed by atoms with van der Waals surface area (Å²) in [6.45, 7) is 11.7. The van der Waals surface area contributed by atoms with Crippen LogP contribution in [0.3, 0.4) is 0 Å². The van der Waals surface area contributed by atoms with Crippen molar-refractivity contribution in [2.24, 2.45) is 4.99 Å². The molecule has 2 aromatic rings. The Balaban J connectivity index is 1.32. The SMILES string of the molecule is CN1C(=O)c2cn(Cc3ccc(C4CCCN4C(=O)OC(C)(C)C)cc3)nc2N2CC(C)(C)N=C12. The van der Waals surface area contributed by atoms with Gasteiger partial charge in [0.05, 0.1) is 24.7 Å². The van der Waals surface area contributed by atoms with E-state index in [4.69, 9.17) is 14.8 Å². The van der Waals surface area contributed by atoms with Crippen LogP contribution in [0.25, 0.3) is 0 Å². The third-order valence-electron chi connectivity index (χ3n) is 6.61. The zero-order valence-corrected chi connectivity index (χ0v) is 21.4. The van der Waals surface area contributed by atoms with Crippen LogP contribution in [0.15, 0.2) is 35.5 Å². The quantitative estimate of drug-likeness (QED) is 0.665. The van der Waals surface area contributed by atoms with Crippen molar-refractivity contribution >= 4 is 23.8 Å². The first-order chi connectivity index (χ1) is 16.4. The molecule has 0 bridgehead atoms. The number of fused-ring (bicyclic) bond motifs is 3. The lowest BCUT2D eigenvalue weighted by molar-refractivity contribution is 0.0224. The van der Waals surface area contributed by atoms with Crippen molar-refractivity contribution < 1.29 is 14.3 Å². The highest BCUT2D eigenvalue weighted by molar-refractivity contribution is 6.18. The summed E-state index contributed by atoms with van der Waals surface area (Å²) in [7, 11) is 1.76. The van der Waals surface area contributed by atoms with Crippen molar-refractivity contribution in [1.29, 1.82) is 0 Å². The van der Waals surface area contributed by atoms with Gasteiger partial charge in [-0.2, -0.15) is 5.10 Å². The van der Waals surface area contributed by atoms with Crippen LogP contribution in [0.5, 0.6) is 0 Å². The number of hydrogen-bond donors (Lipinski definition) is 0. The van der Waals surface area contributed by atoms with Crippen molar-refractivity contribution in [3.63, 3.8) is 0 Å². The summed E-state index contributed by atoms with van der Waals surface area (Å²) in [5, 5.41) is 4.75. The Morgan fingerprint density at radius 1 is 1.20 bits per heavy atom. The lowest BCUT2D eigenvalue weighted by Gasteiger charge is -2.30. The van der Waals surface area contributed by atoms with Gasteiger partial charge in [0.1, 0.15) is 11.2 Å². The number of carbonyl (C=O) groups excluding carboxylic acids is 2. The van der Waals surface area contributed by atoms with Gasteiger partial charge in [0, 0.05) is 19.8 Å². The fraction of sp³-hybridized carbons (Fsp3) is 0.538. The Bertz CT molecular complexity index is 1190. The number of aromatic nitrogens is 2. The molecule has 1 saturated heterocycles. The number of ether oxygens (including phenoxy) is 1. The number of aliphatic imine (C=N–C) groups is 1. The summed E-state index contributed by atoms with van der Waals surface area (Å²) in [6, 6.07) is 8.33. The van der Waals surface area contributed by atoms with Gasteiger partial charge in [0.2, 0.25) is 5.96 Å². The molecule has 5 rings (SSSR count). The molecule has 0 spiro atoms. The second kappa shape index (κ2) is 8.10. The van der Waals surface area contributed by atoms with Gasteiger partial charge >= 0.3 is 6.09 Å². The molecule has 9 heteroatoms. The molecule has 35 heavy (non-hydrogen) atoms. The molecule has 9 nitrogen and oxygen atoms in total. The summed E-state index contributed by atoms with van der Waals surface area (Å²) in [6.07, 6.45) is 3.46. The minimum absolute atomic E-state index is 0.0281. The normalized spacial score (nSPS) is 21.2. The average Bonchev–Trinajstić information content (AvgIpc) is 3.48. The zero-order chi connectivity index (χ0) is 25.1. The van der Waals surface area contributed by atoms with E-state index >= 15 is 0 Å². The summed E-state index contributed by atoms with van der Waals surface area (Å²) < 4.78 is 7.43. The van der Waals surface area contributed by atoms with Gasteiger partial charge in [0.25, 0.3) is 5.91 Å². The minimum atomic E-state index is -0.509. The highest BCUT2D eigenvalue weighted by Crippen LogP contribution is 2.35. The maximum absolute atomic E-state index is 12.9. The van der Waals surface area contributed by atoms with E-state index in [1.54, 1.807) is 11.9 Å². The smallest absolute Gasteiger partial charge is 0.410 e. The highest BCUT2D eigenvalue weighted by atomic mass is 16.6. The molecule has 2 amide bonds. The maximum atomic E-state index is 12.9. The molecule has 1 fully saturated rings. The number of hydrogen-bond acceptors (Lipinski definition) is 6. The lowest BCUT2D eigenvalue weighted by Crippen LogP contribution is -2.48. The van der Waals surface area contributed by atoms with Crippen molar-refractivity contribution in [2.45, 2.75) is 71.2 Å². The third-order valence-corrected chi connectivity index (χ3v) is 6.61. The van der Waals surface area contributed by atoms with E-state index in [-0.39, 0.29) is 23.6 Å². The van der Waals surface area contributed by atoms with Gasteiger partial charge in [0.15, 0.2) is 5.82 Å². The first kappa shape index (κ1) is 23.4. The molecule has 0 N–H and O–H groups in total. The topological polar surface area (TPSA) is 83.3 Å². The van der Waals surface area contributed by atoms with Gasteiger partial charge in [-0.3, -0.25) is 19.3 Å². The van der Waals surface area contributed by atoms with E-state index in [2.05, 4.69) is 38.1 Å². The van der Waals surface area contributed by atoms with Gasteiger partial charge in [-0.05, 0) is 58.6 Å². The van der Waals surface area contributed by atoms with Gasteiger partial charge < -0.3 is 9.64 Å². The molecule has 1 atom stereocenters. The van der Waals surface area contributed by atoms with Crippen LogP contribution >= 0.6 is 0 Å². The number of guanidine groups is 1. The van der Waals surface area contributed by atoms with E-state index in [9.17, 15) is 9.59 Å². The van der Waals surface area contributed by atoms with Crippen molar-refractivity contribution in [3.8, 4) is 0 Å². The van der Waals surface area contributed by atoms with E-state index in [1.807, 2.05) is 41.4 Å². The number of anilines is 1. The number of likely N-dealkylation sites (tertiary alicyclic amines) is 1. The van der Waals surface area contributed by atoms with Crippen LogP contribution in [0.1, 0.15) is 75.0 Å². The molecule has 0 aliphatic carbocycles. The predicted octanol–water partition coefficient (Wildman–Crippen LogP) is 4.04. The summed E-state index contributed by atoms with van der Waals surface area (Å²) in [4.78, 5) is 35.8. The Kier molecular flexibility index (Phi) is 5.41. The monoisotopic (exact) mass is 478 g/mol. The molecule has 0 radical (unpaired) electrons. The van der Waals surface area contributed by atoms with Gasteiger partial charge in [-0.1, -0.05) is 24.3 Å². The Labute approximate surface area is 206 Å². The molecule has 3 aliphatic rings. The van der Waals surface area contributed by atoms with Crippen LogP contribution in [-0.2, 0) is 11.3 Å². The lowest BCUT2D eigenvalue weighted by atomic mass is 10.0. The highest BCUT2D eigenvalue weighted by Gasteiger charge is 2.43. The van der Waals surface area contributed by atoms with Crippen LogP contribution in [-0.4, -0.2) is 68.8 Å². The van der Waals surface area contributed by atoms with Crippen LogP contribution < -0.4 is 4.90 Å². The second-order valence-electron chi connectivity index (χ2n) is 11.3. The molecule has 0 saturated carbocycles. The van der Waals surface area contributed by atoms with E-state index in [0.717, 1.165) is 24.0 Å². The molecule has 1 aromatic heterocycles. The molecular weight excluding hydrogens is 444 g/mol. The predicted molar refractivity (Wildman–Crippen MR) is 134 cm³/mol. The second-order valence-corrected chi connectivity index (χ2v) is 11.3. The number of carbonyl (C=O) groups is 2. The maximum Gasteiger partial charge on any atom is 0.410 e. The van der Waals surface area contributed by atoms with Crippen LogP contribution in [0, 0.1) is 0 Å². The minimum Gasteiger partial charge on any atom is -0.444 e. The third kappa shape index (κ3) is 4.39. The van der Waals surface area contributed by atoms with E-state index in [0.29, 0.717) is 37.0 Å². The molecule has 1 aromatic carbocycles. The van der Waals surface area contributed by atoms with Crippen molar-refractivity contribution in [1.82, 2.24) is 19.6 Å². The fourth-order valence-corrected chi connectivity index (χ4v) is 5.05. The molecule has 4 heterocycles. The largest absolute Gasteiger partial charge is 0.444 e. The first-order valence-corrected chi connectivity index (χ1v) is 12.2. The zero-order valence-electron chi connectivity index (χ0n) is 21.4. The average molecular weight is 479 g/mol.